The molecule has 0 aromatic heterocycles. The second kappa shape index (κ2) is 7.38. The highest BCUT2D eigenvalue weighted by Crippen LogP contribution is 2.50. The predicted octanol–water partition coefficient (Wildman–Crippen LogP) is 2.09. The molecule has 160 valence electrons. The topological polar surface area (TPSA) is 79.0 Å². The number of piperidine rings is 2. The van der Waals surface area contributed by atoms with E-state index < -0.39 is 6.04 Å². The van der Waals surface area contributed by atoms with E-state index in [9.17, 15) is 14.4 Å². The average molecular weight is 412 g/mol. The number of benzene rings is 1. The third-order valence-corrected chi connectivity index (χ3v) is 7.60. The van der Waals surface area contributed by atoms with E-state index in [0.29, 0.717) is 23.9 Å². The summed E-state index contributed by atoms with van der Waals surface area (Å²) < 4.78 is 6.53. The van der Waals surface area contributed by atoms with Gasteiger partial charge in [0.05, 0.1) is 0 Å². The fourth-order valence-corrected chi connectivity index (χ4v) is 5.50. The van der Waals surface area contributed by atoms with Crippen LogP contribution < -0.4 is 10.1 Å². The number of likely N-dealkylation sites (tertiary alicyclic amines) is 1. The number of amides is 3. The van der Waals surface area contributed by atoms with Crippen LogP contribution in [0.2, 0.25) is 0 Å². The summed E-state index contributed by atoms with van der Waals surface area (Å²) in [6.45, 7) is 5.72. The number of nitrogens with zero attached hydrogens (tertiary/aromatic N) is 2. The van der Waals surface area contributed by atoms with Crippen LogP contribution in [-0.4, -0.2) is 59.3 Å². The number of carbonyl (C=O) groups is 3. The summed E-state index contributed by atoms with van der Waals surface area (Å²) in [6, 6.07) is 5.10. The zero-order chi connectivity index (χ0) is 20.9. The van der Waals surface area contributed by atoms with Crippen LogP contribution in [-0.2, 0) is 16.1 Å². The summed E-state index contributed by atoms with van der Waals surface area (Å²) >= 11 is 0. The Morgan fingerprint density at radius 2 is 2.03 bits per heavy atom. The van der Waals surface area contributed by atoms with Crippen LogP contribution >= 0.6 is 0 Å². The van der Waals surface area contributed by atoms with Crippen molar-refractivity contribution in [3.05, 3.63) is 29.3 Å². The Bertz CT molecular complexity index is 894. The van der Waals surface area contributed by atoms with Crippen LogP contribution in [0.4, 0.5) is 0 Å². The normalized spacial score (nSPS) is 28.3. The minimum atomic E-state index is -0.582. The van der Waals surface area contributed by atoms with Crippen molar-refractivity contribution in [1.82, 2.24) is 15.1 Å². The molecular formula is C23H29N3O4. The molecule has 1 aromatic carbocycles. The Balaban J connectivity index is 1.33. The maximum atomic E-state index is 12.9. The number of hydrogen-bond donors (Lipinski definition) is 1. The van der Waals surface area contributed by atoms with Crippen molar-refractivity contribution >= 4 is 17.7 Å². The van der Waals surface area contributed by atoms with Gasteiger partial charge in [0.2, 0.25) is 11.8 Å². The van der Waals surface area contributed by atoms with Gasteiger partial charge in [-0.15, -0.1) is 0 Å². The number of nitrogens with one attached hydrogen (secondary N) is 1. The minimum Gasteiger partial charge on any atom is -0.489 e. The number of imide groups is 1. The molecule has 1 unspecified atom stereocenters. The Hall–Kier alpha value is -2.41. The van der Waals surface area contributed by atoms with Crippen molar-refractivity contribution < 1.29 is 19.1 Å². The van der Waals surface area contributed by atoms with Crippen molar-refractivity contribution in [2.75, 3.05) is 19.6 Å². The van der Waals surface area contributed by atoms with Gasteiger partial charge in [-0.1, -0.05) is 13.3 Å². The minimum absolute atomic E-state index is 0.142. The van der Waals surface area contributed by atoms with E-state index in [1.165, 1.54) is 25.7 Å². The molecule has 7 nitrogen and oxygen atoms in total. The molecule has 5 rings (SSSR count). The third kappa shape index (κ3) is 3.20. The van der Waals surface area contributed by atoms with E-state index in [4.69, 9.17) is 4.74 Å². The van der Waals surface area contributed by atoms with Crippen LogP contribution in [0.5, 0.6) is 5.75 Å². The fourth-order valence-electron chi connectivity index (χ4n) is 5.50. The van der Waals surface area contributed by atoms with Gasteiger partial charge >= 0.3 is 0 Å². The monoisotopic (exact) mass is 411 g/mol. The van der Waals surface area contributed by atoms with Gasteiger partial charge in [0.25, 0.3) is 5.91 Å². The van der Waals surface area contributed by atoms with E-state index in [-0.39, 0.29) is 30.2 Å². The smallest absolute Gasteiger partial charge is 0.255 e. The van der Waals surface area contributed by atoms with E-state index in [1.54, 1.807) is 4.90 Å². The van der Waals surface area contributed by atoms with E-state index >= 15 is 0 Å². The van der Waals surface area contributed by atoms with E-state index in [2.05, 4.69) is 17.1 Å². The lowest BCUT2D eigenvalue weighted by Crippen LogP contribution is -2.56. The summed E-state index contributed by atoms with van der Waals surface area (Å²) in [6.07, 6.45) is 5.78. The van der Waals surface area contributed by atoms with Crippen molar-refractivity contribution in [3.63, 3.8) is 0 Å². The standard InChI is InChI=1S/C23H29N3O4/c1-2-25-11-10-23(8-3-9-23)19(14-25)30-16-4-5-17-15(12-16)13-26(22(17)29)18-6-7-20(27)24-21(18)28/h4-5,12,18-19H,2-3,6-11,13-14H2,1H3,(H,24,27,28)/t18?,19-/m0/s1. The third-order valence-electron chi connectivity index (χ3n) is 7.60. The van der Waals surface area contributed by atoms with E-state index in [0.717, 1.165) is 30.9 Å². The highest BCUT2D eigenvalue weighted by atomic mass is 16.5. The summed E-state index contributed by atoms with van der Waals surface area (Å²) in [5.41, 5.74) is 1.83. The summed E-state index contributed by atoms with van der Waals surface area (Å²) in [4.78, 5) is 40.6. The number of fused-ring (bicyclic) bond motifs is 1. The van der Waals surface area contributed by atoms with Gasteiger partial charge in [-0.2, -0.15) is 0 Å². The molecule has 3 aliphatic heterocycles. The number of rotatable bonds is 4. The molecule has 1 aliphatic carbocycles. The van der Waals surface area contributed by atoms with Crippen molar-refractivity contribution in [3.8, 4) is 5.75 Å². The maximum absolute atomic E-state index is 12.9. The molecule has 1 spiro atoms. The molecular weight excluding hydrogens is 382 g/mol. The maximum Gasteiger partial charge on any atom is 0.255 e. The summed E-state index contributed by atoms with van der Waals surface area (Å²) in [7, 11) is 0. The van der Waals surface area contributed by atoms with Crippen LogP contribution in [0.3, 0.4) is 0 Å². The van der Waals surface area contributed by atoms with Crippen LogP contribution in [0.15, 0.2) is 18.2 Å². The van der Waals surface area contributed by atoms with Crippen molar-refractivity contribution in [2.45, 2.75) is 64.1 Å². The lowest BCUT2D eigenvalue weighted by Gasteiger charge is -2.52. The van der Waals surface area contributed by atoms with Crippen LogP contribution in [0.1, 0.15) is 61.4 Å². The van der Waals surface area contributed by atoms with E-state index in [1.807, 2.05) is 18.2 Å². The molecule has 3 amide bonds. The second-order valence-corrected chi connectivity index (χ2v) is 9.18. The lowest BCUT2D eigenvalue weighted by atomic mass is 9.61. The molecule has 30 heavy (non-hydrogen) atoms. The number of likely N-dealkylation sites (N-methyl/N-ethyl adjacent to an activating group) is 1. The van der Waals surface area contributed by atoms with Gasteiger partial charge in [-0.3, -0.25) is 24.6 Å². The first-order valence-electron chi connectivity index (χ1n) is 11.2. The zero-order valence-electron chi connectivity index (χ0n) is 17.5. The number of ether oxygens (including phenoxy) is 1. The van der Waals surface area contributed by atoms with Gasteiger partial charge in [-0.05, 0) is 62.5 Å². The molecule has 3 heterocycles. The molecule has 2 saturated heterocycles. The molecule has 2 atom stereocenters. The second-order valence-electron chi connectivity index (χ2n) is 9.18. The van der Waals surface area contributed by atoms with Gasteiger partial charge in [0.1, 0.15) is 17.9 Å². The Kier molecular flexibility index (Phi) is 4.81. The first-order chi connectivity index (χ1) is 14.5. The molecule has 1 N–H and O–H groups in total. The van der Waals surface area contributed by atoms with Crippen LogP contribution in [0, 0.1) is 5.41 Å². The highest BCUT2D eigenvalue weighted by molar-refractivity contribution is 6.05. The van der Waals surface area contributed by atoms with Crippen molar-refractivity contribution in [1.29, 1.82) is 0 Å². The molecule has 1 aromatic rings. The predicted molar refractivity (Wildman–Crippen MR) is 110 cm³/mol. The zero-order valence-corrected chi connectivity index (χ0v) is 17.5. The quantitative estimate of drug-likeness (QED) is 0.768. The Morgan fingerprint density at radius 1 is 1.20 bits per heavy atom. The summed E-state index contributed by atoms with van der Waals surface area (Å²) in [5, 5.41) is 2.35. The molecule has 0 radical (unpaired) electrons. The number of hydrogen-bond acceptors (Lipinski definition) is 5. The first-order valence-corrected chi connectivity index (χ1v) is 11.2. The SMILES string of the molecule is CCN1CCC2(CCC2)[C@@H](Oc2ccc3c(c2)CN(C2CCC(=O)NC2=O)C3=O)C1. The fraction of sp³-hybridized carbons (Fsp3) is 0.609. The first kappa shape index (κ1) is 19.5. The molecule has 0 bridgehead atoms. The molecule has 1 saturated carbocycles. The highest BCUT2D eigenvalue weighted by Gasteiger charge is 2.48. The average Bonchev–Trinajstić information content (AvgIpc) is 3.02. The number of carbonyl (C=O) groups excluding carboxylic acids is 3. The van der Waals surface area contributed by atoms with Crippen molar-refractivity contribution in [2.24, 2.45) is 5.41 Å². The Labute approximate surface area is 176 Å². The molecule has 4 aliphatic rings. The largest absolute Gasteiger partial charge is 0.489 e. The van der Waals surface area contributed by atoms with Gasteiger partial charge in [0.15, 0.2) is 0 Å². The van der Waals surface area contributed by atoms with Gasteiger partial charge in [0, 0.05) is 30.5 Å². The van der Waals surface area contributed by atoms with Gasteiger partial charge < -0.3 is 9.64 Å². The molecule has 7 heteroatoms. The molecule has 3 fully saturated rings. The Morgan fingerprint density at radius 3 is 2.73 bits per heavy atom. The van der Waals surface area contributed by atoms with Crippen LogP contribution in [0.25, 0.3) is 0 Å². The van der Waals surface area contributed by atoms with Gasteiger partial charge in [-0.25, -0.2) is 0 Å². The summed E-state index contributed by atoms with van der Waals surface area (Å²) in [5.74, 6) is 0.0181. The lowest BCUT2D eigenvalue weighted by molar-refractivity contribution is -0.136.